The second kappa shape index (κ2) is 7.72. The average Bonchev–Trinajstić information content (AvgIpc) is 2.45. The van der Waals surface area contributed by atoms with Gasteiger partial charge < -0.3 is 10.5 Å². The van der Waals surface area contributed by atoms with Crippen molar-refractivity contribution in [1.82, 2.24) is 0 Å². The predicted molar refractivity (Wildman–Crippen MR) is 79.4 cm³/mol. The molecule has 2 N–H and O–H groups in total. The van der Waals surface area contributed by atoms with Crippen LogP contribution in [0, 0.1) is 0 Å². The summed E-state index contributed by atoms with van der Waals surface area (Å²) in [6, 6.07) is 13.5. The van der Waals surface area contributed by atoms with Crippen LogP contribution in [0.1, 0.15) is 31.2 Å². The van der Waals surface area contributed by atoms with Crippen LogP contribution in [-0.2, 0) is 10.8 Å². The summed E-state index contributed by atoms with van der Waals surface area (Å²) in [5.41, 5.74) is 7.76. The molecule has 1 aliphatic heterocycles. The third-order valence-corrected chi connectivity index (χ3v) is 7.58. The zero-order valence-corrected chi connectivity index (χ0v) is 12.3. The number of benzene rings is 1. The minimum absolute atomic E-state index is 0.588. The molecule has 0 aliphatic carbocycles. The number of nitrogens with two attached hydrogens (primary N) is 1. The molecule has 1 aliphatic rings. The van der Waals surface area contributed by atoms with Crippen molar-refractivity contribution in [3.8, 4) is 0 Å². The maximum atomic E-state index is 6.03. The molecule has 0 amide bonds. The topological polar surface area (TPSA) is 35.2 Å². The first-order valence-electron chi connectivity index (χ1n) is 7.25. The van der Waals surface area contributed by atoms with E-state index in [4.69, 9.17) is 10.5 Å². The Morgan fingerprint density at radius 2 is 2.06 bits per heavy atom. The molecule has 1 heterocycles. The van der Waals surface area contributed by atoms with E-state index in [0.29, 0.717) is 5.73 Å². The van der Waals surface area contributed by atoms with Gasteiger partial charge in [-0.25, -0.2) is 0 Å². The van der Waals surface area contributed by atoms with E-state index in [1.807, 2.05) is 0 Å². The molecule has 0 bridgehead atoms. The van der Waals surface area contributed by atoms with Gasteiger partial charge in [0.15, 0.2) is 0 Å². The summed E-state index contributed by atoms with van der Waals surface area (Å²) in [5, 5.41) is 0. The molecule has 2 atom stereocenters. The highest BCUT2D eigenvalue weighted by Crippen LogP contribution is 2.20. The standard InChI is InChI=1S/C15H25NOSi/c16-10-6-12-18(15-9-4-5-11-17-15)13-14-7-2-1-3-8-14/h1-3,7-8,15,18H,4-6,9-13,16H2. The van der Waals surface area contributed by atoms with Crippen molar-refractivity contribution in [2.45, 2.75) is 43.5 Å². The lowest BCUT2D eigenvalue weighted by molar-refractivity contribution is 0.0619. The molecule has 1 saturated heterocycles. The number of ether oxygens (including phenoxy) is 1. The molecule has 1 fully saturated rings. The van der Waals surface area contributed by atoms with Gasteiger partial charge in [0.2, 0.25) is 0 Å². The molecule has 0 saturated carbocycles. The van der Waals surface area contributed by atoms with Gasteiger partial charge in [0.25, 0.3) is 0 Å². The Balaban J connectivity index is 1.95. The Kier molecular flexibility index (Phi) is 5.91. The van der Waals surface area contributed by atoms with Gasteiger partial charge in [0, 0.05) is 12.3 Å². The molecule has 18 heavy (non-hydrogen) atoms. The van der Waals surface area contributed by atoms with E-state index >= 15 is 0 Å². The highest BCUT2D eigenvalue weighted by atomic mass is 28.3. The maximum Gasteiger partial charge on any atom is 0.0760 e. The normalized spacial score (nSPS) is 21.7. The van der Waals surface area contributed by atoms with Crippen LogP contribution in [0.2, 0.25) is 6.04 Å². The van der Waals surface area contributed by atoms with Gasteiger partial charge in [-0.1, -0.05) is 41.9 Å². The Morgan fingerprint density at radius 1 is 1.22 bits per heavy atom. The van der Waals surface area contributed by atoms with Crippen LogP contribution >= 0.6 is 0 Å². The van der Waals surface area contributed by atoms with Gasteiger partial charge in [-0.05, 0) is 38.3 Å². The molecule has 100 valence electrons. The summed E-state index contributed by atoms with van der Waals surface area (Å²) in [4.78, 5) is 0. The van der Waals surface area contributed by atoms with Crippen molar-refractivity contribution in [3.05, 3.63) is 35.9 Å². The van der Waals surface area contributed by atoms with Gasteiger partial charge >= 0.3 is 0 Å². The Bertz CT molecular complexity index is 325. The molecule has 0 spiro atoms. The van der Waals surface area contributed by atoms with E-state index < -0.39 is 8.80 Å². The minimum atomic E-state index is -0.862. The molecule has 0 radical (unpaired) electrons. The summed E-state index contributed by atoms with van der Waals surface area (Å²) in [5.74, 6) is 0. The zero-order valence-electron chi connectivity index (χ0n) is 11.2. The fraction of sp³-hybridized carbons (Fsp3) is 0.600. The lowest BCUT2D eigenvalue weighted by atomic mass is 10.2. The monoisotopic (exact) mass is 263 g/mol. The largest absolute Gasteiger partial charge is 0.382 e. The molecular weight excluding hydrogens is 238 g/mol. The Hall–Kier alpha value is -0.643. The molecule has 1 aromatic carbocycles. The van der Waals surface area contributed by atoms with Gasteiger partial charge in [-0.3, -0.25) is 0 Å². The summed E-state index contributed by atoms with van der Waals surface area (Å²) >= 11 is 0. The van der Waals surface area contributed by atoms with E-state index in [2.05, 4.69) is 30.3 Å². The summed E-state index contributed by atoms with van der Waals surface area (Å²) < 4.78 is 6.03. The second-order valence-electron chi connectivity index (χ2n) is 5.29. The quantitative estimate of drug-likeness (QED) is 0.800. The smallest absolute Gasteiger partial charge is 0.0760 e. The molecule has 2 nitrogen and oxygen atoms in total. The Labute approximate surface area is 112 Å². The van der Waals surface area contributed by atoms with Crippen LogP contribution in [0.3, 0.4) is 0 Å². The molecule has 2 rings (SSSR count). The first-order valence-corrected chi connectivity index (χ1v) is 9.55. The zero-order chi connectivity index (χ0) is 12.6. The van der Waals surface area contributed by atoms with Crippen molar-refractivity contribution >= 4 is 8.80 Å². The van der Waals surface area contributed by atoms with Crippen molar-refractivity contribution in [1.29, 1.82) is 0 Å². The number of hydrogen-bond acceptors (Lipinski definition) is 2. The van der Waals surface area contributed by atoms with Crippen LogP contribution in [0.5, 0.6) is 0 Å². The highest BCUT2D eigenvalue weighted by Gasteiger charge is 2.25. The highest BCUT2D eigenvalue weighted by molar-refractivity contribution is 6.59. The van der Waals surface area contributed by atoms with Crippen molar-refractivity contribution < 1.29 is 4.74 Å². The third kappa shape index (κ3) is 4.23. The summed E-state index contributed by atoms with van der Waals surface area (Å²) in [7, 11) is -0.862. The number of rotatable bonds is 6. The van der Waals surface area contributed by atoms with Crippen LogP contribution in [0.4, 0.5) is 0 Å². The fourth-order valence-electron chi connectivity index (χ4n) is 2.85. The molecule has 0 aromatic heterocycles. The van der Waals surface area contributed by atoms with Crippen LogP contribution < -0.4 is 5.73 Å². The van der Waals surface area contributed by atoms with Gasteiger partial charge in [-0.15, -0.1) is 0 Å². The lowest BCUT2D eigenvalue weighted by Crippen LogP contribution is -2.38. The van der Waals surface area contributed by atoms with Crippen molar-refractivity contribution in [3.63, 3.8) is 0 Å². The molecule has 2 unspecified atom stereocenters. The van der Waals surface area contributed by atoms with Crippen molar-refractivity contribution in [2.75, 3.05) is 13.2 Å². The SMILES string of the molecule is NCCC[SiH](Cc1ccccc1)C1CCCCO1. The third-order valence-electron chi connectivity index (χ3n) is 3.86. The van der Waals surface area contributed by atoms with Crippen LogP contribution in [0.25, 0.3) is 0 Å². The van der Waals surface area contributed by atoms with E-state index in [1.54, 1.807) is 0 Å². The lowest BCUT2D eigenvalue weighted by Gasteiger charge is -2.29. The molecule has 3 heteroatoms. The number of hydrogen-bond donors (Lipinski definition) is 1. The van der Waals surface area contributed by atoms with Gasteiger partial charge in [0.05, 0.1) is 8.80 Å². The predicted octanol–water partition coefficient (Wildman–Crippen LogP) is 2.45. The van der Waals surface area contributed by atoms with E-state index in [9.17, 15) is 0 Å². The van der Waals surface area contributed by atoms with Gasteiger partial charge in [0.1, 0.15) is 0 Å². The summed E-state index contributed by atoms with van der Waals surface area (Å²) in [6.45, 7) is 1.80. The first-order chi connectivity index (χ1) is 8.90. The van der Waals surface area contributed by atoms with Crippen LogP contribution in [0.15, 0.2) is 30.3 Å². The van der Waals surface area contributed by atoms with E-state index in [0.717, 1.165) is 13.2 Å². The molecule has 1 aromatic rings. The average molecular weight is 263 g/mol. The Morgan fingerprint density at radius 3 is 2.72 bits per heavy atom. The maximum absolute atomic E-state index is 6.03. The first kappa shape index (κ1) is 13.8. The second-order valence-corrected chi connectivity index (χ2v) is 8.54. The molecular formula is C15H25NOSi. The fourth-order valence-corrected chi connectivity index (χ4v) is 6.45. The van der Waals surface area contributed by atoms with Crippen molar-refractivity contribution in [2.24, 2.45) is 5.73 Å². The van der Waals surface area contributed by atoms with Gasteiger partial charge in [-0.2, -0.15) is 0 Å². The summed E-state index contributed by atoms with van der Waals surface area (Å²) in [6.07, 6.45) is 5.06. The van der Waals surface area contributed by atoms with E-state index in [1.165, 1.54) is 43.3 Å². The minimum Gasteiger partial charge on any atom is -0.382 e. The van der Waals surface area contributed by atoms with Crippen LogP contribution in [-0.4, -0.2) is 27.7 Å². The van der Waals surface area contributed by atoms with E-state index in [-0.39, 0.29) is 0 Å².